The number of fused-ring (bicyclic) bond motifs is 1. The molecule has 1 heterocycles. The molecule has 2 amide bonds. The highest BCUT2D eigenvalue weighted by Crippen LogP contribution is 2.30. The molecule has 140 valence electrons. The fourth-order valence-corrected chi connectivity index (χ4v) is 3.13. The third kappa shape index (κ3) is 3.95. The van der Waals surface area contributed by atoms with Gasteiger partial charge >= 0.3 is 11.8 Å². The summed E-state index contributed by atoms with van der Waals surface area (Å²) >= 11 is 5.88. The Labute approximate surface area is 160 Å². The summed E-state index contributed by atoms with van der Waals surface area (Å²) < 4.78 is 19.2. The van der Waals surface area contributed by atoms with E-state index in [0.717, 1.165) is 5.56 Å². The third-order valence-corrected chi connectivity index (χ3v) is 4.55. The molecule has 0 saturated carbocycles. The van der Waals surface area contributed by atoms with E-state index in [-0.39, 0.29) is 5.82 Å². The quantitative estimate of drug-likeness (QED) is 0.641. The minimum absolute atomic E-state index is 0.368. The molecule has 2 N–H and O–H groups in total. The molecule has 1 atom stereocenters. The number of rotatable bonds is 3. The van der Waals surface area contributed by atoms with Crippen molar-refractivity contribution in [3.63, 3.8) is 0 Å². The first kappa shape index (κ1) is 18.9. The zero-order valence-corrected chi connectivity index (χ0v) is 15.8. The second kappa shape index (κ2) is 7.40. The van der Waals surface area contributed by atoms with Gasteiger partial charge in [0, 0.05) is 21.7 Å². The predicted octanol–water partition coefficient (Wildman–Crippen LogP) is 4.66. The van der Waals surface area contributed by atoms with Gasteiger partial charge in [0.2, 0.25) is 0 Å². The number of carbonyl (C=O) groups is 2. The third-order valence-electron chi connectivity index (χ3n) is 4.32. The van der Waals surface area contributed by atoms with Crippen molar-refractivity contribution >= 4 is 40.1 Å². The first-order chi connectivity index (χ1) is 12.8. The summed E-state index contributed by atoms with van der Waals surface area (Å²) in [5, 5.41) is 6.33. The van der Waals surface area contributed by atoms with Gasteiger partial charge in [0.1, 0.15) is 17.2 Å². The number of anilines is 1. The molecular formula is C20H18ClFN2O3. The second-order valence-electron chi connectivity index (χ2n) is 6.34. The number of hydrogen-bond donors (Lipinski definition) is 2. The van der Waals surface area contributed by atoms with Gasteiger partial charge in [0.15, 0.2) is 0 Å². The van der Waals surface area contributed by atoms with Crippen LogP contribution in [0.5, 0.6) is 0 Å². The summed E-state index contributed by atoms with van der Waals surface area (Å²) in [5.74, 6) is -1.50. The molecule has 5 nitrogen and oxygen atoms in total. The van der Waals surface area contributed by atoms with Gasteiger partial charge in [-0.3, -0.25) is 9.59 Å². The molecule has 0 radical (unpaired) electrons. The number of halogens is 2. The molecule has 0 fully saturated rings. The molecule has 27 heavy (non-hydrogen) atoms. The van der Waals surface area contributed by atoms with Crippen molar-refractivity contribution in [3.05, 3.63) is 64.1 Å². The van der Waals surface area contributed by atoms with E-state index in [9.17, 15) is 14.0 Å². The lowest BCUT2D eigenvalue weighted by Crippen LogP contribution is -2.37. The van der Waals surface area contributed by atoms with E-state index >= 15 is 0 Å². The number of amides is 2. The predicted molar refractivity (Wildman–Crippen MR) is 102 cm³/mol. The lowest BCUT2D eigenvalue weighted by Gasteiger charge is -2.13. The van der Waals surface area contributed by atoms with E-state index in [0.29, 0.717) is 33.0 Å². The molecule has 0 saturated heterocycles. The fourth-order valence-electron chi connectivity index (χ4n) is 2.90. The monoisotopic (exact) mass is 388 g/mol. The number of nitrogens with one attached hydrogen (secondary N) is 2. The Morgan fingerprint density at radius 2 is 1.85 bits per heavy atom. The maximum atomic E-state index is 13.4. The van der Waals surface area contributed by atoms with Gasteiger partial charge < -0.3 is 15.1 Å². The van der Waals surface area contributed by atoms with Crippen LogP contribution in [-0.2, 0) is 9.59 Å². The highest BCUT2D eigenvalue weighted by atomic mass is 35.5. The number of carbonyl (C=O) groups excluding carboxylic acids is 2. The average Bonchev–Trinajstić information content (AvgIpc) is 2.93. The minimum Gasteiger partial charge on any atom is -0.459 e. The lowest BCUT2D eigenvalue weighted by molar-refractivity contribution is -0.136. The van der Waals surface area contributed by atoms with Crippen LogP contribution in [0.25, 0.3) is 11.0 Å². The first-order valence-electron chi connectivity index (χ1n) is 8.33. The van der Waals surface area contributed by atoms with Crippen molar-refractivity contribution < 1.29 is 18.4 Å². The summed E-state index contributed by atoms with van der Waals surface area (Å²) in [4.78, 5) is 24.4. The van der Waals surface area contributed by atoms with Gasteiger partial charge in [0.05, 0.1) is 6.04 Å². The topological polar surface area (TPSA) is 71.3 Å². The van der Waals surface area contributed by atoms with E-state index in [4.69, 9.17) is 16.0 Å². The number of furan rings is 1. The first-order valence-corrected chi connectivity index (χ1v) is 8.70. The molecule has 0 bridgehead atoms. The number of aryl methyl sites for hydroxylation is 2. The zero-order valence-electron chi connectivity index (χ0n) is 15.0. The van der Waals surface area contributed by atoms with Crippen LogP contribution in [0, 0.1) is 19.7 Å². The Balaban J connectivity index is 1.73. The van der Waals surface area contributed by atoms with E-state index < -0.39 is 17.9 Å². The summed E-state index contributed by atoms with van der Waals surface area (Å²) in [5.41, 5.74) is 2.48. The second-order valence-corrected chi connectivity index (χ2v) is 6.78. The van der Waals surface area contributed by atoms with Crippen molar-refractivity contribution in [1.29, 1.82) is 0 Å². The van der Waals surface area contributed by atoms with Crippen LogP contribution in [0.3, 0.4) is 0 Å². The van der Waals surface area contributed by atoms with Gasteiger partial charge in [-0.2, -0.15) is 0 Å². The molecular weight excluding hydrogens is 371 g/mol. The van der Waals surface area contributed by atoms with Crippen molar-refractivity contribution in [2.45, 2.75) is 26.8 Å². The maximum Gasteiger partial charge on any atom is 0.313 e. The SMILES string of the molecule is Cc1cc(Cl)ccc1NC(=O)C(=O)NC(C)c1oc2ccc(F)cc2c1C. The van der Waals surface area contributed by atoms with Crippen molar-refractivity contribution in [3.8, 4) is 0 Å². The molecule has 2 aromatic carbocycles. The highest BCUT2D eigenvalue weighted by molar-refractivity contribution is 6.39. The largest absolute Gasteiger partial charge is 0.459 e. The average molecular weight is 389 g/mol. The van der Waals surface area contributed by atoms with Gasteiger partial charge in [-0.15, -0.1) is 0 Å². The minimum atomic E-state index is -0.803. The summed E-state index contributed by atoms with van der Waals surface area (Å²) in [6, 6.07) is 8.60. The molecule has 0 aliphatic rings. The maximum absolute atomic E-state index is 13.4. The molecule has 3 aromatic rings. The Morgan fingerprint density at radius 1 is 1.11 bits per heavy atom. The molecule has 0 aliphatic carbocycles. The van der Waals surface area contributed by atoms with Gasteiger partial charge in [-0.05, 0) is 62.7 Å². The lowest BCUT2D eigenvalue weighted by atomic mass is 10.1. The number of benzene rings is 2. The van der Waals surface area contributed by atoms with Crippen LogP contribution < -0.4 is 10.6 Å². The summed E-state index contributed by atoms with van der Waals surface area (Å²) in [6.07, 6.45) is 0. The van der Waals surface area contributed by atoms with Crippen molar-refractivity contribution in [1.82, 2.24) is 5.32 Å². The van der Waals surface area contributed by atoms with Gasteiger partial charge in [-0.25, -0.2) is 4.39 Å². The van der Waals surface area contributed by atoms with E-state index in [1.165, 1.54) is 18.2 Å². The van der Waals surface area contributed by atoms with Crippen LogP contribution >= 0.6 is 11.6 Å². The molecule has 1 unspecified atom stereocenters. The van der Waals surface area contributed by atoms with Crippen LogP contribution in [0.4, 0.5) is 10.1 Å². The molecule has 7 heteroatoms. The zero-order chi connectivity index (χ0) is 19.7. The fraction of sp³-hybridized carbons (Fsp3) is 0.200. The highest BCUT2D eigenvalue weighted by Gasteiger charge is 2.22. The van der Waals surface area contributed by atoms with E-state index in [1.807, 2.05) is 0 Å². The van der Waals surface area contributed by atoms with Crippen LogP contribution in [0.2, 0.25) is 5.02 Å². The van der Waals surface area contributed by atoms with E-state index in [1.54, 1.807) is 39.0 Å². The number of hydrogen-bond acceptors (Lipinski definition) is 3. The standard InChI is InChI=1S/C20H18ClFN2O3/c1-10-8-13(21)4-6-16(10)24-20(26)19(25)23-12(3)18-11(2)15-9-14(22)5-7-17(15)27-18/h4-9,12H,1-3H3,(H,23,25)(H,24,26). The molecule has 0 aliphatic heterocycles. The molecule has 1 aromatic heterocycles. The van der Waals surface area contributed by atoms with Crippen molar-refractivity contribution in [2.75, 3.05) is 5.32 Å². The Morgan fingerprint density at radius 3 is 2.56 bits per heavy atom. The van der Waals surface area contributed by atoms with Crippen LogP contribution in [-0.4, -0.2) is 11.8 Å². The van der Waals surface area contributed by atoms with Crippen LogP contribution in [0.15, 0.2) is 40.8 Å². The smallest absolute Gasteiger partial charge is 0.313 e. The Kier molecular flexibility index (Phi) is 5.19. The van der Waals surface area contributed by atoms with Crippen LogP contribution in [0.1, 0.15) is 29.9 Å². The van der Waals surface area contributed by atoms with Gasteiger partial charge in [0.25, 0.3) is 0 Å². The molecule has 3 rings (SSSR count). The molecule has 0 spiro atoms. The summed E-state index contributed by atoms with van der Waals surface area (Å²) in [7, 11) is 0. The van der Waals surface area contributed by atoms with Crippen molar-refractivity contribution in [2.24, 2.45) is 0 Å². The van der Waals surface area contributed by atoms with Gasteiger partial charge in [-0.1, -0.05) is 11.6 Å². The Bertz CT molecular complexity index is 1050. The Hall–Kier alpha value is -2.86. The normalized spacial score (nSPS) is 12.0. The summed E-state index contributed by atoms with van der Waals surface area (Å²) in [6.45, 7) is 5.25. The van der Waals surface area contributed by atoms with E-state index in [2.05, 4.69) is 10.6 Å².